The summed E-state index contributed by atoms with van der Waals surface area (Å²) in [5.41, 5.74) is 0.778. The van der Waals surface area contributed by atoms with E-state index in [1.807, 2.05) is 12.1 Å². The first-order chi connectivity index (χ1) is 10.7. The van der Waals surface area contributed by atoms with E-state index in [1.165, 1.54) is 0 Å². The molecule has 7 nitrogen and oxygen atoms in total. The fourth-order valence-corrected chi connectivity index (χ4v) is 2.04. The molecule has 2 aromatic rings. The van der Waals surface area contributed by atoms with Gasteiger partial charge in [-0.05, 0) is 12.1 Å². The fourth-order valence-electron chi connectivity index (χ4n) is 1.85. The molecule has 3 rings (SSSR count). The Bertz CT molecular complexity index is 657. The number of hydrogen-bond acceptors (Lipinski definition) is 6. The van der Waals surface area contributed by atoms with Gasteiger partial charge in [-0.25, -0.2) is 4.79 Å². The topological polar surface area (TPSA) is 86.5 Å². The lowest BCUT2D eigenvalue weighted by Crippen LogP contribution is -2.41. The van der Waals surface area contributed by atoms with Crippen LogP contribution in [0.5, 0.6) is 0 Å². The highest BCUT2D eigenvalue weighted by atomic mass is 35.5. The summed E-state index contributed by atoms with van der Waals surface area (Å²) >= 11 is 5.92. The Morgan fingerprint density at radius 3 is 3.05 bits per heavy atom. The van der Waals surface area contributed by atoms with Gasteiger partial charge in [-0.2, -0.15) is 4.98 Å². The predicted octanol–water partition coefficient (Wildman–Crippen LogP) is 2.06. The van der Waals surface area contributed by atoms with Gasteiger partial charge in [0.05, 0.1) is 13.2 Å². The van der Waals surface area contributed by atoms with Crippen LogP contribution < -0.4 is 5.32 Å². The maximum absolute atomic E-state index is 11.4. The van der Waals surface area contributed by atoms with Crippen LogP contribution in [0.25, 0.3) is 11.4 Å². The Labute approximate surface area is 131 Å². The van der Waals surface area contributed by atoms with Crippen LogP contribution in [0.3, 0.4) is 0 Å². The molecule has 8 heteroatoms. The van der Waals surface area contributed by atoms with Gasteiger partial charge in [0.25, 0.3) is 0 Å². The summed E-state index contributed by atoms with van der Waals surface area (Å²) in [5, 5.41) is 7.12. The lowest BCUT2D eigenvalue weighted by molar-refractivity contribution is -0.0979. The minimum atomic E-state index is -0.470. The molecule has 1 aliphatic heterocycles. The second-order valence-electron chi connectivity index (χ2n) is 4.76. The first-order valence-electron chi connectivity index (χ1n) is 6.81. The van der Waals surface area contributed by atoms with Crippen molar-refractivity contribution >= 4 is 17.7 Å². The molecule has 1 amide bonds. The molecule has 0 aliphatic carbocycles. The third-order valence-electron chi connectivity index (χ3n) is 3.04. The number of carbonyl (C=O) groups is 1. The van der Waals surface area contributed by atoms with Gasteiger partial charge in [-0.15, -0.1) is 0 Å². The van der Waals surface area contributed by atoms with Gasteiger partial charge in [-0.1, -0.05) is 28.9 Å². The van der Waals surface area contributed by atoms with Crippen molar-refractivity contribution in [1.29, 1.82) is 0 Å². The number of nitrogens with zero attached hydrogens (tertiary/aromatic N) is 2. The van der Waals surface area contributed by atoms with Crippen molar-refractivity contribution in [2.45, 2.75) is 12.5 Å². The Balaban J connectivity index is 1.48. The zero-order valence-electron chi connectivity index (χ0n) is 11.6. The first kappa shape index (κ1) is 14.8. The average Bonchev–Trinajstić information content (AvgIpc) is 2.92. The van der Waals surface area contributed by atoms with Crippen LogP contribution in [0.2, 0.25) is 5.02 Å². The van der Waals surface area contributed by atoms with Crippen molar-refractivity contribution < 1.29 is 18.8 Å². The van der Waals surface area contributed by atoms with Crippen molar-refractivity contribution in [2.24, 2.45) is 0 Å². The normalized spacial score (nSPS) is 14.4. The van der Waals surface area contributed by atoms with E-state index in [1.54, 1.807) is 12.1 Å². The molecule has 0 bridgehead atoms. The van der Waals surface area contributed by atoms with Gasteiger partial charge in [-0.3, -0.25) is 0 Å². The summed E-state index contributed by atoms with van der Waals surface area (Å²) < 4.78 is 15.1. The third kappa shape index (κ3) is 3.75. The summed E-state index contributed by atoms with van der Waals surface area (Å²) in [6, 6.07) is 7.19. The van der Waals surface area contributed by atoms with Crippen molar-refractivity contribution in [3.63, 3.8) is 0 Å². The Morgan fingerprint density at radius 2 is 2.32 bits per heavy atom. The number of halogens is 1. The summed E-state index contributed by atoms with van der Waals surface area (Å²) in [5.74, 6) is 0.897. The second-order valence-corrected chi connectivity index (χ2v) is 5.20. The number of amides is 1. The first-order valence-corrected chi connectivity index (χ1v) is 7.19. The average molecular weight is 324 g/mol. The summed E-state index contributed by atoms with van der Waals surface area (Å²) in [6.45, 7) is 1.27. The molecule has 1 saturated heterocycles. The molecule has 2 heterocycles. The number of alkyl carbamates (subject to hydrolysis) is 1. The molecule has 0 unspecified atom stereocenters. The molecule has 0 spiro atoms. The van der Waals surface area contributed by atoms with Crippen LogP contribution in [-0.2, 0) is 15.9 Å². The maximum atomic E-state index is 11.4. The second kappa shape index (κ2) is 6.76. The van der Waals surface area contributed by atoms with Gasteiger partial charge >= 0.3 is 6.09 Å². The van der Waals surface area contributed by atoms with E-state index in [9.17, 15) is 4.79 Å². The summed E-state index contributed by atoms with van der Waals surface area (Å²) in [4.78, 5) is 15.7. The van der Waals surface area contributed by atoms with Crippen LogP contribution in [0.15, 0.2) is 28.8 Å². The molecule has 116 valence electrons. The maximum Gasteiger partial charge on any atom is 0.407 e. The fraction of sp³-hybridized carbons (Fsp3) is 0.357. The van der Waals surface area contributed by atoms with Crippen molar-refractivity contribution in [1.82, 2.24) is 15.5 Å². The van der Waals surface area contributed by atoms with Crippen LogP contribution in [0.4, 0.5) is 4.79 Å². The number of hydrogen-bond donors (Lipinski definition) is 1. The molecular weight excluding hydrogens is 310 g/mol. The molecule has 0 radical (unpaired) electrons. The third-order valence-corrected chi connectivity index (χ3v) is 3.28. The lowest BCUT2D eigenvalue weighted by atomic mass is 10.2. The van der Waals surface area contributed by atoms with E-state index >= 15 is 0 Å². The summed E-state index contributed by atoms with van der Waals surface area (Å²) in [6.07, 6.45) is -0.190. The lowest BCUT2D eigenvalue weighted by Gasteiger charge is -2.25. The largest absolute Gasteiger partial charge is 0.441 e. The van der Waals surface area contributed by atoms with Crippen molar-refractivity contribution in [3.05, 3.63) is 35.2 Å². The molecular formula is C14H14ClN3O4. The monoisotopic (exact) mass is 323 g/mol. The minimum absolute atomic E-state index is 0.141. The van der Waals surface area contributed by atoms with Crippen LogP contribution in [-0.4, -0.2) is 42.1 Å². The van der Waals surface area contributed by atoms with Crippen molar-refractivity contribution in [3.8, 4) is 11.4 Å². The molecule has 22 heavy (non-hydrogen) atoms. The van der Waals surface area contributed by atoms with E-state index in [2.05, 4.69) is 15.5 Å². The van der Waals surface area contributed by atoms with Gasteiger partial charge in [0.15, 0.2) is 6.10 Å². The molecule has 1 aliphatic rings. The van der Waals surface area contributed by atoms with Gasteiger partial charge in [0.1, 0.15) is 0 Å². The Kier molecular flexibility index (Phi) is 4.55. The predicted molar refractivity (Wildman–Crippen MR) is 77.5 cm³/mol. The Hall–Kier alpha value is -2.12. The molecule has 0 saturated carbocycles. The number of nitrogens with one attached hydrogen (secondary N) is 1. The number of ether oxygens (including phenoxy) is 2. The van der Waals surface area contributed by atoms with E-state index in [0.717, 1.165) is 5.56 Å². The summed E-state index contributed by atoms with van der Waals surface area (Å²) in [7, 11) is 0. The molecule has 1 aromatic carbocycles. The van der Waals surface area contributed by atoms with Gasteiger partial charge in [0.2, 0.25) is 11.7 Å². The minimum Gasteiger partial charge on any atom is -0.441 e. The number of rotatable bonds is 5. The number of aromatic nitrogens is 2. The number of carbonyl (C=O) groups excluding carboxylic acids is 1. The van der Waals surface area contributed by atoms with Crippen LogP contribution in [0.1, 0.15) is 5.89 Å². The van der Waals surface area contributed by atoms with E-state index < -0.39 is 6.09 Å². The zero-order valence-corrected chi connectivity index (χ0v) is 12.4. The van der Waals surface area contributed by atoms with E-state index in [-0.39, 0.29) is 6.10 Å². The van der Waals surface area contributed by atoms with Gasteiger partial charge in [0, 0.05) is 23.6 Å². The highest BCUT2D eigenvalue weighted by Crippen LogP contribution is 2.19. The van der Waals surface area contributed by atoms with E-state index in [0.29, 0.717) is 42.9 Å². The van der Waals surface area contributed by atoms with Gasteiger partial charge < -0.3 is 19.3 Å². The van der Waals surface area contributed by atoms with Crippen LogP contribution >= 0.6 is 11.6 Å². The SMILES string of the molecule is O=C(NCCc1nc(-c2cccc(Cl)c2)no1)OC1COC1. The quantitative estimate of drug-likeness (QED) is 0.906. The van der Waals surface area contributed by atoms with Crippen molar-refractivity contribution in [2.75, 3.05) is 19.8 Å². The number of benzene rings is 1. The standard InChI is InChI=1S/C14H14ClN3O4/c15-10-3-1-2-9(6-10)13-17-12(22-18-13)4-5-16-14(19)21-11-7-20-8-11/h1-3,6,11H,4-5,7-8H2,(H,16,19). The highest BCUT2D eigenvalue weighted by molar-refractivity contribution is 6.30. The molecule has 1 fully saturated rings. The zero-order chi connectivity index (χ0) is 15.4. The molecule has 0 atom stereocenters. The smallest absolute Gasteiger partial charge is 0.407 e. The van der Waals surface area contributed by atoms with E-state index in [4.69, 9.17) is 25.6 Å². The molecule has 1 N–H and O–H groups in total. The molecule has 1 aromatic heterocycles. The highest BCUT2D eigenvalue weighted by Gasteiger charge is 2.22. The van der Waals surface area contributed by atoms with Crippen LogP contribution in [0, 0.1) is 0 Å². The Morgan fingerprint density at radius 1 is 1.45 bits per heavy atom.